The lowest BCUT2D eigenvalue weighted by atomic mass is 10.1. The second-order valence-electron chi connectivity index (χ2n) is 4.06. The first-order valence-electron chi connectivity index (χ1n) is 5.48. The van der Waals surface area contributed by atoms with E-state index in [0.717, 1.165) is 32.0 Å². The molecule has 0 aliphatic carbocycles. The highest BCUT2D eigenvalue weighted by atomic mass is 16.5. The van der Waals surface area contributed by atoms with E-state index < -0.39 is 0 Å². The first-order valence-corrected chi connectivity index (χ1v) is 5.48. The predicted octanol–water partition coefficient (Wildman–Crippen LogP) is 1.39. The molecule has 1 heterocycles. The van der Waals surface area contributed by atoms with Crippen LogP contribution in [-0.4, -0.2) is 19.8 Å². The molecule has 1 unspecified atom stereocenters. The molecule has 1 atom stereocenters. The second-order valence-corrected chi connectivity index (χ2v) is 4.06. The molecule has 3 nitrogen and oxygen atoms in total. The van der Waals surface area contributed by atoms with Gasteiger partial charge in [0.05, 0.1) is 6.61 Å². The summed E-state index contributed by atoms with van der Waals surface area (Å²) in [6, 6.07) is 7.98. The van der Waals surface area contributed by atoms with Gasteiger partial charge in [-0.25, -0.2) is 0 Å². The van der Waals surface area contributed by atoms with Crippen molar-refractivity contribution in [2.45, 2.75) is 13.0 Å². The molecule has 1 saturated heterocycles. The van der Waals surface area contributed by atoms with Gasteiger partial charge in [-0.2, -0.15) is 0 Å². The number of nitrogens with one attached hydrogen (secondary N) is 1. The van der Waals surface area contributed by atoms with E-state index in [1.165, 1.54) is 12.0 Å². The largest absolute Gasteiger partial charge is 0.398 e. The molecule has 0 spiro atoms. The minimum absolute atomic E-state index is 0.676. The third-order valence-electron chi connectivity index (χ3n) is 2.83. The summed E-state index contributed by atoms with van der Waals surface area (Å²) in [6.45, 7) is 3.69. The van der Waals surface area contributed by atoms with Crippen LogP contribution in [-0.2, 0) is 11.3 Å². The predicted molar refractivity (Wildman–Crippen MR) is 61.5 cm³/mol. The van der Waals surface area contributed by atoms with Crippen LogP contribution in [0.2, 0.25) is 0 Å². The summed E-state index contributed by atoms with van der Waals surface area (Å²) >= 11 is 0. The molecule has 3 N–H and O–H groups in total. The van der Waals surface area contributed by atoms with Crippen LogP contribution in [0.1, 0.15) is 12.0 Å². The Labute approximate surface area is 90.6 Å². The molecule has 15 heavy (non-hydrogen) atoms. The van der Waals surface area contributed by atoms with Crippen molar-refractivity contribution in [3.63, 3.8) is 0 Å². The van der Waals surface area contributed by atoms with Gasteiger partial charge in [0.15, 0.2) is 0 Å². The minimum atomic E-state index is 0.676. The number of nitrogen functional groups attached to an aromatic ring is 1. The Bertz CT molecular complexity index is 308. The standard InChI is InChI=1S/C12H18N2O/c13-12-4-2-1-3-11(12)8-14-7-10-5-6-15-9-10/h1-4,10,14H,5-9,13H2. The summed E-state index contributed by atoms with van der Waals surface area (Å²) in [6.07, 6.45) is 1.18. The Morgan fingerprint density at radius 1 is 1.40 bits per heavy atom. The van der Waals surface area contributed by atoms with Crippen molar-refractivity contribution >= 4 is 5.69 Å². The zero-order valence-electron chi connectivity index (χ0n) is 8.91. The van der Waals surface area contributed by atoms with Gasteiger partial charge in [-0.15, -0.1) is 0 Å². The van der Waals surface area contributed by atoms with Gasteiger partial charge in [-0.1, -0.05) is 18.2 Å². The Kier molecular flexibility index (Phi) is 3.59. The van der Waals surface area contributed by atoms with E-state index in [1.54, 1.807) is 0 Å². The molecule has 0 saturated carbocycles. The molecule has 1 aromatic rings. The van der Waals surface area contributed by atoms with Crippen molar-refractivity contribution in [2.24, 2.45) is 5.92 Å². The number of hydrogen-bond acceptors (Lipinski definition) is 3. The van der Waals surface area contributed by atoms with Crippen molar-refractivity contribution < 1.29 is 4.74 Å². The molecule has 0 radical (unpaired) electrons. The summed E-state index contributed by atoms with van der Waals surface area (Å²) in [5.74, 6) is 0.676. The fourth-order valence-corrected chi connectivity index (χ4v) is 1.85. The summed E-state index contributed by atoms with van der Waals surface area (Å²) < 4.78 is 5.32. The van der Waals surface area contributed by atoms with Gasteiger partial charge < -0.3 is 15.8 Å². The molecule has 3 heteroatoms. The smallest absolute Gasteiger partial charge is 0.0507 e. The van der Waals surface area contributed by atoms with Gasteiger partial charge in [0.2, 0.25) is 0 Å². The second kappa shape index (κ2) is 5.14. The van der Waals surface area contributed by atoms with Gasteiger partial charge in [0, 0.05) is 25.4 Å². The first-order chi connectivity index (χ1) is 7.36. The maximum Gasteiger partial charge on any atom is 0.0507 e. The average Bonchev–Trinajstić information content (AvgIpc) is 2.74. The van der Waals surface area contributed by atoms with E-state index in [4.69, 9.17) is 10.5 Å². The summed E-state index contributed by atoms with van der Waals surface area (Å²) in [4.78, 5) is 0. The van der Waals surface area contributed by atoms with Crippen LogP contribution in [0.15, 0.2) is 24.3 Å². The third kappa shape index (κ3) is 2.94. The van der Waals surface area contributed by atoms with E-state index in [9.17, 15) is 0 Å². The molecule has 1 fully saturated rings. The normalized spacial score (nSPS) is 20.7. The topological polar surface area (TPSA) is 47.3 Å². The maximum atomic E-state index is 5.85. The number of nitrogens with two attached hydrogens (primary N) is 1. The summed E-state index contributed by atoms with van der Waals surface area (Å²) in [7, 11) is 0. The van der Waals surface area contributed by atoms with Crippen LogP contribution in [0, 0.1) is 5.92 Å². The SMILES string of the molecule is Nc1ccccc1CNCC1CCOC1. The van der Waals surface area contributed by atoms with Crippen LogP contribution in [0.3, 0.4) is 0 Å². The van der Waals surface area contributed by atoms with E-state index in [2.05, 4.69) is 11.4 Å². The molecule has 0 aromatic heterocycles. The fourth-order valence-electron chi connectivity index (χ4n) is 1.85. The van der Waals surface area contributed by atoms with Gasteiger partial charge in [-0.05, 0) is 24.0 Å². The van der Waals surface area contributed by atoms with Crippen molar-refractivity contribution in [1.29, 1.82) is 0 Å². The molecule has 0 bridgehead atoms. The molecule has 1 aliphatic heterocycles. The zero-order chi connectivity index (χ0) is 10.5. The molecule has 82 valence electrons. The molecule has 1 aromatic carbocycles. The third-order valence-corrected chi connectivity index (χ3v) is 2.83. The molecule has 0 amide bonds. The highest BCUT2D eigenvalue weighted by molar-refractivity contribution is 5.46. The first kappa shape index (κ1) is 10.5. The highest BCUT2D eigenvalue weighted by Crippen LogP contribution is 2.12. The van der Waals surface area contributed by atoms with Gasteiger partial charge in [-0.3, -0.25) is 0 Å². The zero-order valence-corrected chi connectivity index (χ0v) is 8.91. The minimum Gasteiger partial charge on any atom is -0.398 e. The molecule has 2 rings (SSSR count). The van der Waals surface area contributed by atoms with Crippen LogP contribution in [0.5, 0.6) is 0 Å². The average molecular weight is 206 g/mol. The fraction of sp³-hybridized carbons (Fsp3) is 0.500. The quantitative estimate of drug-likeness (QED) is 0.732. The summed E-state index contributed by atoms with van der Waals surface area (Å²) in [5.41, 5.74) is 7.90. The van der Waals surface area contributed by atoms with E-state index in [0.29, 0.717) is 5.92 Å². The summed E-state index contributed by atoms with van der Waals surface area (Å²) in [5, 5.41) is 3.42. The van der Waals surface area contributed by atoms with Gasteiger partial charge in [0.1, 0.15) is 0 Å². The number of rotatable bonds is 4. The Morgan fingerprint density at radius 2 is 2.27 bits per heavy atom. The number of benzene rings is 1. The highest BCUT2D eigenvalue weighted by Gasteiger charge is 2.14. The monoisotopic (exact) mass is 206 g/mol. The van der Waals surface area contributed by atoms with Crippen LogP contribution in [0.4, 0.5) is 5.69 Å². The maximum absolute atomic E-state index is 5.85. The number of anilines is 1. The molecule has 1 aliphatic rings. The number of para-hydroxylation sites is 1. The van der Waals surface area contributed by atoms with Crippen molar-refractivity contribution in [1.82, 2.24) is 5.32 Å². The van der Waals surface area contributed by atoms with Crippen molar-refractivity contribution in [2.75, 3.05) is 25.5 Å². The van der Waals surface area contributed by atoms with Crippen LogP contribution in [0.25, 0.3) is 0 Å². The van der Waals surface area contributed by atoms with Crippen LogP contribution < -0.4 is 11.1 Å². The lowest BCUT2D eigenvalue weighted by Gasteiger charge is -2.10. The Balaban J connectivity index is 1.75. The van der Waals surface area contributed by atoms with Crippen LogP contribution >= 0.6 is 0 Å². The van der Waals surface area contributed by atoms with Gasteiger partial charge >= 0.3 is 0 Å². The van der Waals surface area contributed by atoms with E-state index >= 15 is 0 Å². The Hall–Kier alpha value is -1.06. The van der Waals surface area contributed by atoms with Crippen molar-refractivity contribution in [3.05, 3.63) is 29.8 Å². The lowest BCUT2D eigenvalue weighted by molar-refractivity contribution is 0.185. The van der Waals surface area contributed by atoms with E-state index in [-0.39, 0.29) is 0 Å². The molecular formula is C12H18N2O. The van der Waals surface area contributed by atoms with Crippen molar-refractivity contribution in [3.8, 4) is 0 Å². The Morgan fingerprint density at radius 3 is 3.00 bits per heavy atom. The molecular weight excluding hydrogens is 188 g/mol. The van der Waals surface area contributed by atoms with Gasteiger partial charge in [0.25, 0.3) is 0 Å². The number of ether oxygens (including phenoxy) is 1. The lowest BCUT2D eigenvalue weighted by Crippen LogP contribution is -2.23. The number of hydrogen-bond donors (Lipinski definition) is 2. The van der Waals surface area contributed by atoms with E-state index in [1.807, 2.05) is 18.2 Å².